The molecule has 1 N–H and O–H groups in total. The zero-order valence-corrected chi connectivity index (χ0v) is 18.3. The number of amidine groups is 1. The lowest BCUT2D eigenvalue weighted by Crippen LogP contribution is -2.53. The molecule has 3 aliphatic heterocycles. The molecule has 1 fully saturated rings. The van der Waals surface area contributed by atoms with Crippen molar-refractivity contribution in [2.75, 3.05) is 19.0 Å². The monoisotopic (exact) mass is 473 g/mol. The van der Waals surface area contributed by atoms with Crippen molar-refractivity contribution in [3.05, 3.63) is 27.8 Å². The number of ether oxygens (including phenoxy) is 3. The van der Waals surface area contributed by atoms with Crippen molar-refractivity contribution in [2.45, 2.75) is 44.6 Å². The van der Waals surface area contributed by atoms with Gasteiger partial charge in [0.1, 0.15) is 5.54 Å². The van der Waals surface area contributed by atoms with Crippen LogP contribution >= 0.6 is 11.8 Å². The molecule has 13 heteroatoms. The Balaban J connectivity index is 1.95. The number of nitro benzene ring substituents is 1. The largest absolute Gasteiger partial charge is 0.586 e. The van der Waals surface area contributed by atoms with Crippen LogP contribution in [0.15, 0.2) is 17.1 Å². The number of nitrogens with zero attached hydrogens (tertiary/aromatic N) is 3. The molecule has 1 aromatic carbocycles. The van der Waals surface area contributed by atoms with Gasteiger partial charge in [-0.1, -0.05) is 11.8 Å². The number of non-ortho nitro benzene ring substituents is 1. The van der Waals surface area contributed by atoms with Crippen LogP contribution in [-0.2, 0) is 10.3 Å². The quantitative estimate of drug-likeness (QED) is 0.504. The summed E-state index contributed by atoms with van der Waals surface area (Å²) in [4.78, 5) is 28.6. The van der Waals surface area contributed by atoms with E-state index in [1.54, 1.807) is 20.8 Å². The molecule has 32 heavy (non-hydrogen) atoms. The van der Waals surface area contributed by atoms with Crippen LogP contribution in [0.1, 0.15) is 32.8 Å². The van der Waals surface area contributed by atoms with Crippen molar-refractivity contribution in [3.63, 3.8) is 0 Å². The minimum atomic E-state index is -4.00. The highest BCUT2D eigenvalue weighted by atomic mass is 32.2. The number of fused-ring (bicyclic) bond motifs is 2. The number of carbonyl (C=O) groups is 1. The second-order valence-corrected chi connectivity index (χ2v) is 9.69. The topological polar surface area (TPSA) is 124 Å². The highest BCUT2D eigenvalue weighted by Crippen LogP contribution is 2.55. The molecule has 0 spiro atoms. The van der Waals surface area contributed by atoms with Gasteiger partial charge in [0.15, 0.2) is 16.7 Å². The van der Waals surface area contributed by atoms with Crippen LogP contribution in [0.4, 0.5) is 19.3 Å². The minimum absolute atomic E-state index is 0.0145. The van der Waals surface area contributed by atoms with E-state index in [0.29, 0.717) is 18.8 Å². The van der Waals surface area contributed by atoms with Crippen molar-refractivity contribution < 1.29 is 37.8 Å². The lowest BCUT2D eigenvalue weighted by atomic mass is 9.76. The summed E-state index contributed by atoms with van der Waals surface area (Å²) in [6.45, 7) is 5.40. The van der Waals surface area contributed by atoms with Crippen molar-refractivity contribution in [1.29, 1.82) is 0 Å². The first kappa shape index (κ1) is 22.5. The van der Waals surface area contributed by atoms with Crippen LogP contribution in [0.3, 0.4) is 0 Å². The Morgan fingerprint density at radius 1 is 1.38 bits per heavy atom. The Labute approximate surface area is 185 Å². The van der Waals surface area contributed by atoms with Gasteiger partial charge in [-0.3, -0.25) is 15.0 Å². The first-order valence-corrected chi connectivity index (χ1v) is 10.7. The molecular formula is C19H21F2N3O7S. The Bertz CT molecular complexity index is 1010. The third-order valence-electron chi connectivity index (χ3n) is 5.54. The van der Waals surface area contributed by atoms with E-state index in [9.17, 15) is 28.8 Å². The zero-order chi connectivity index (χ0) is 23.5. The number of aliphatic imine (C=N–C) groups is 1. The van der Waals surface area contributed by atoms with E-state index >= 15 is 0 Å². The number of carboxylic acid groups (broad SMARTS) is 1. The normalized spacial score (nSPS) is 26.2. The molecule has 0 saturated carbocycles. The van der Waals surface area contributed by atoms with Gasteiger partial charge in [-0.05, 0) is 27.2 Å². The number of hydrogen-bond acceptors (Lipinski definition) is 8. The molecule has 0 radical (unpaired) electrons. The average molecular weight is 473 g/mol. The summed E-state index contributed by atoms with van der Waals surface area (Å²) in [5.74, 6) is -0.677. The number of halogens is 2. The number of thioether (sulfide) groups is 1. The molecular weight excluding hydrogens is 452 g/mol. The summed E-state index contributed by atoms with van der Waals surface area (Å²) in [6, 6.07) is 2.00. The summed E-state index contributed by atoms with van der Waals surface area (Å²) in [6.07, 6.45) is -4.73. The second-order valence-electron chi connectivity index (χ2n) is 8.70. The molecule has 1 aromatic rings. The molecule has 2 unspecified atom stereocenters. The van der Waals surface area contributed by atoms with Gasteiger partial charge >= 0.3 is 12.4 Å². The lowest BCUT2D eigenvalue weighted by Gasteiger charge is -2.46. The predicted molar refractivity (Wildman–Crippen MR) is 109 cm³/mol. The summed E-state index contributed by atoms with van der Waals surface area (Å²) in [5, 5.41) is 21.5. The average Bonchev–Trinajstić information content (AvgIpc) is 2.99. The molecule has 3 heterocycles. The summed E-state index contributed by atoms with van der Waals surface area (Å²) in [5.41, 5.74) is -2.67. The van der Waals surface area contributed by atoms with Crippen LogP contribution in [-0.4, -0.2) is 57.0 Å². The summed E-state index contributed by atoms with van der Waals surface area (Å²) >= 11 is 1.23. The van der Waals surface area contributed by atoms with Gasteiger partial charge in [-0.25, -0.2) is 9.79 Å². The Kier molecular flexibility index (Phi) is 5.24. The van der Waals surface area contributed by atoms with Gasteiger partial charge in [-0.2, -0.15) is 0 Å². The van der Waals surface area contributed by atoms with E-state index in [4.69, 9.17) is 14.5 Å². The first-order chi connectivity index (χ1) is 14.8. The van der Waals surface area contributed by atoms with E-state index < -0.39 is 39.8 Å². The fourth-order valence-electron chi connectivity index (χ4n) is 4.12. The molecule has 0 aromatic heterocycles. The number of hydrogen-bond donors (Lipinski definition) is 1. The number of alkyl halides is 2. The third-order valence-corrected chi connectivity index (χ3v) is 6.64. The van der Waals surface area contributed by atoms with Gasteiger partial charge < -0.3 is 19.3 Å². The first-order valence-electron chi connectivity index (χ1n) is 9.76. The fourth-order valence-corrected chi connectivity index (χ4v) is 5.63. The van der Waals surface area contributed by atoms with Gasteiger partial charge in [0.25, 0.3) is 5.69 Å². The standard InChI is InChI=1S/C19H21F2N3O7S/c1-17(2,3)23(16(25)26)15-22-18(9-29-5-4-10(18)8-32-15)12-6-11(24(27)28)7-13-14(12)31-19(20,21)30-13/h6-7,10H,4-5,8-9H2,1-3H3,(H,25,26). The highest BCUT2D eigenvalue weighted by Gasteiger charge is 2.54. The Morgan fingerprint density at radius 3 is 2.72 bits per heavy atom. The predicted octanol–water partition coefficient (Wildman–Crippen LogP) is 4.03. The third kappa shape index (κ3) is 3.72. The van der Waals surface area contributed by atoms with E-state index in [2.05, 4.69) is 4.74 Å². The Hall–Kier alpha value is -2.67. The van der Waals surface area contributed by atoms with E-state index in [1.807, 2.05) is 0 Å². The zero-order valence-electron chi connectivity index (χ0n) is 17.5. The molecule has 0 aliphatic carbocycles. The fraction of sp³-hybridized carbons (Fsp3) is 0.579. The van der Waals surface area contributed by atoms with E-state index in [0.717, 1.165) is 17.0 Å². The van der Waals surface area contributed by atoms with Crippen LogP contribution in [0.2, 0.25) is 0 Å². The number of benzene rings is 1. The van der Waals surface area contributed by atoms with Crippen molar-refractivity contribution in [3.8, 4) is 11.5 Å². The van der Waals surface area contributed by atoms with Crippen LogP contribution in [0, 0.1) is 16.0 Å². The molecule has 2 atom stereocenters. The van der Waals surface area contributed by atoms with Crippen molar-refractivity contribution in [2.24, 2.45) is 10.9 Å². The van der Waals surface area contributed by atoms with Crippen LogP contribution in [0.5, 0.6) is 11.5 Å². The minimum Gasteiger partial charge on any atom is -0.465 e. The molecule has 4 rings (SSSR count). The molecule has 3 aliphatic rings. The van der Waals surface area contributed by atoms with Gasteiger partial charge in [0, 0.05) is 35.4 Å². The van der Waals surface area contributed by atoms with Crippen LogP contribution < -0.4 is 9.47 Å². The van der Waals surface area contributed by atoms with Crippen LogP contribution in [0.25, 0.3) is 0 Å². The molecule has 10 nitrogen and oxygen atoms in total. The van der Waals surface area contributed by atoms with Gasteiger partial charge in [0.2, 0.25) is 0 Å². The highest BCUT2D eigenvalue weighted by molar-refractivity contribution is 8.13. The summed E-state index contributed by atoms with van der Waals surface area (Å²) < 4.78 is 42.7. The van der Waals surface area contributed by atoms with Crippen molar-refractivity contribution >= 4 is 28.7 Å². The maximum absolute atomic E-state index is 13.9. The maximum Gasteiger partial charge on any atom is 0.586 e. The van der Waals surface area contributed by atoms with Gasteiger partial charge in [0.05, 0.1) is 17.6 Å². The van der Waals surface area contributed by atoms with E-state index in [1.165, 1.54) is 11.8 Å². The van der Waals surface area contributed by atoms with E-state index in [-0.39, 0.29) is 29.0 Å². The smallest absolute Gasteiger partial charge is 0.465 e. The molecule has 1 amide bonds. The lowest BCUT2D eigenvalue weighted by molar-refractivity contribution is -0.385. The Morgan fingerprint density at radius 2 is 2.09 bits per heavy atom. The maximum atomic E-state index is 13.9. The van der Waals surface area contributed by atoms with Crippen molar-refractivity contribution in [1.82, 2.24) is 4.90 Å². The van der Waals surface area contributed by atoms with Gasteiger partial charge in [-0.15, -0.1) is 8.78 Å². The SMILES string of the molecule is CC(C)(C)N(C(=O)O)C1=NC2(c3cc([N+](=O)[O-])cc4c3OC(F)(F)O4)COCCC2CS1. The number of rotatable bonds is 2. The number of nitro groups is 1. The second kappa shape index (κ2) is 7.44. The molecule has 0 bridgehead atoms. The molecule has 1 saturated heterocycles. The summed E-state index contributed by atoms with van der Waals surface area (Å²) in [7, 11) is 0. The number of amides is 1. The molecule has 174 valence electrons.